The van der Waals surface area contributed by atoms with Gasteiger partial charge in [-0.25, -0.2) is 18.5 Å². The van der Waals surface area contributed by atoms with E-state index in [1.54, 1.807) is 0 Å². The van der Waals surface area contributed by atoms with Crippen LogP contribution in [0.1, 0.15) is 6.42 Å². The maximum absolute atomic E-state index is 11.9. The van der Waals surface area contributed by atoms with Crippen LogP contribution in [-0.4, -0.2) is 84.6 Å². The van der Waals surface area contributed by atoms with Gasteiger partial charge >= 0.3 is 29.5 Å². The fourth-order valence-corrected chi connectivity index (χ4v) is 5.56. The van der Waals surface area contributed by atoms with Crippen molar-refractivity contribution in [1.29, 1.82) is 0 Å². The predicted octanol–water partition coefficient (Wildman–Crippen LogP) is -2.52. The molecule has 2 aliphatic rings. The van der Waals surface area contributed by atoms with Crippen LogP contribution in [0.4, 0.5) is 4.79 Å². The van der Waals surface area contributed by atoms with E-state index in [-0.39, 0.29) is 6.54 Å². The molecular weight excluding hydrogens is 467 g/mol. The Morgan fingerprint density at radius 2 is 1.72 bits per heavy atom. The van der Waals surface area contributed by atoms with E-state index in [0.29, 0.717) is 6.42 Å². The van der Waals surface area contributed by atoms with Crippen LogP contribution in [0, 0.1) is 0 Å². The molecule has 170 valence electrons. The average molecular weight is 487 g/mol. The number of nitrogens with two attached hydrogens (primary N) is 1. The third kappa shape index (κ3) is 7.02. The second-order valence-corrected chi connectivity index (χ2v) is 10.4. The number of nitrogens with zero attached hydrogens (tertiary/aromatic N) is 1. The van der Waals surface area contributed by atoms with Crippen LogP contribution in [0.25, 0.3) is 0 Å². The number of phosphoric acid groups is 3. The zero-order valence-corrected chi connectivity index (χ0v) is 17.0. The lowest BCUT2D eigenvalue weighted by molar-refractivity contribution is -0.0828. The van der Waals surface area contributed by atoms with Crippen molar-refractivity contribution in [2.24, 2.45) is 5.73 Å². The highest BCUT2D eigenvalue weighted by Gasteiger charge is 2.49. The molecule has 2 amide bonds. The van der Waals surface area contributed by atoms with Crippen molar-refractivity contribution < 1.29 is 66.2 Å². The molecule has 0 radical (unpaired) electrons. The summed E-state index contributed by atoms with van der Waals surface area (Å²) in [6.45, 7) is -0.905. The summed E-state index contributed by atoms with van der Waals surface area (Å²) in [4.78, 5) is 48.3. The summed E-state index contributed by atoms with van der Waals surface area (Å²) >= 11 is 0. The Labute approximate surface area is 162 Å². The van der Waals surface area contributed by atoms with Crippen LogP contribution >= 0.6 is 23.5 Å². The molecule has 3 unspecified atom stereocenters. The molecular formula is C9H20N3O14P3. The van der Waals surface area contributed by atoms with E-state index in [4.69, 9.17) is 25.2 Å². The number of ether oxygens (including phenoxy) is 1. The zero-order chi connectivity index (χ0) is 22.2. The zero-order valence-electron chi connectivity index (χ0n) is 14.3. The largest absolute Gasteiger partial charge is 0.490 e. The summed E-state index contributed by atoms with van der Waals surface area (Å²) in [5, 5.41) is 22.4. The number of urea groups is 1. The predicted molar refractivity (Wildman–Crippen MR) is 88.3 cm³/mol. The first-order chi connectivity index (χ1) is 13.1. The number of aliphatic hydroxyl groups excluding tert-OH is 2. The Hall–Kier alpha value is -0.480. The first-order valence-corrected chi connectivity index (χ1v) is 12.2. The Bertz CT molecular complexity index is 760. The van der Waals surface area contributed by atoms with Gasteiger partial charge < -0.3 is 45.6 Å². The minimum atomic E-state index is -5.70. The third-order valence-corrected chi connectivity index (χ3v) is 7.52. The number of phosphoric ester groups is 1. The summed E-state index contributed by atoms with van der Waals surface area (Å²) in [6, 6.07) is -0.687. The van der Waals surface area contributed by atoms with Crippen LogP contribution in [0.3, 0.4) is 0 Å². The van der Waals surface area contributed by atoms with Crippen molar-refractivity contribution in [3.63, 3.8) is 0 Å². The normalized spacial score (nSPS) is 35.1. The molecule has 20 heteroatoms. The first-order valence-electron chi connectivity index (χ1n) is 7.73. The lowest BCUT2D eigenvalue weighted by Gasteiger charge is -2.35. The highest BCUT2D eigenvalue weighted by molar-refractivity contribution is 7.66. The molecule has 0 aromatic heterocycles. The third-order valence-electron chi connectivity index (χ3n) is 3.71. The van der Waals surface area contributed by atoms with Gasteiger partial charge in [0.2, 0.25) is 0 Å². The number of carbonyl (C=O) groups excluding carboxylic acids is 1. The number of rotatable bonds is 8. The molecule has 2 rings (SSSR count). The van der Waals surface area contributed by atoms with Gasteiger partial charge in [0, 0.05) is 6.54 Å². The monoisotopic (exact) mass is 487 g/mol. The van der Waals surface area contributed by atoms with E-state index < -0.39 is 66.8 Å². The molecule has 17 nitrogen and oxygen atoms in total. The number of nitrogens with one attached hydrogen (secondary N) is 1. The number of carbonyl (C=O) groups is 1. The molecule has 2 heterocycles. The van der Waals surface area contributed by atoms with Crippen molar-refractivity contribution in [2.45, 2.75) is 37.1 Å². The molecule has 0 aromatic carbocycles. The topological polar surface area (TPSA) is 268 Å². The van der Waals surface area contributed by atoms with E-state index in [1.807, 2.05) is 0 Å². The van der Waals surface area contributed by atoms with Gasteiger partial charge in [0.05, 0.1) is 12.8 Å². The van der Waals surface area contributed by atoms with Crippen molar-refractivity contribution in [1.82, 2.24) is 10.2 Å². The molecule has 7 atom stereocenters. The number of amides is 2. The van der Waals surface area contributed by atoms with Gasteiger partial charge in [-0.2, -0.15) is 8.62 Å². The number of hydrogen-bond donors (Lipinski definition) is 8. The summed E-state index contributed by atoms with van der Waals surface area (Å²) in [7, 11) is -16.7. The molecule has 2 fully saturated rings. The average Bonchev–Trinajstić information content (AvgIpc) is 2.78. The van der Waals surface area contributed by atoms with Gasteiger partial charge in [-0.05, 0) is 6.42 Å². The first kappa shape index (κ1) is 24.8. The highest BCUT2D eigenvalue weighted by atomic mass is 31.3. The van der Waals surface area contributed by atoms with Crippen molar-refractivity contribution in [2.75, 3.05) is 13.2 Å². The van der Waals surface area contributed by atoms with Crippen molar-refractivity contribution in [3.05, 3.63) is 0 Å². The second-order valence-electron chi connectivity index (χ2n) is 5.97. The van der Waals surface area contributed by atoms with Crippen molar-refractivity contribution in [3.8, 4) is 0 Å². The minimum Gasteiger partial charge on any atom is -0.387 e. The molecule has 0 saturated carbocycles. The van der Waals surface area contributed by atoms with E-state index in [9.17, 15) is 33.6 Å². The van der Waals surface area contributed by atoms with Gasteiger partial charge in [0.15, 0.2) is 6.23 Å². The van der Waals surface area contributed by atoms with Crippen molar-refractivity contribution >= 4 is 29.5 Å². The highest BCUT2D eigenvalue weighted by Crippen LogP contribution is 2.66. The fourth-order valence-electron chi connectivity index (χ4n) is 2.53. The van der Waals surface area contributed by atoms with Crippen LogP contribution in [0.15, 0.2) is 0 Å². The minimum absolute atomic E-state index is 0.0734. The van der Waals surface area contributed by atoms with E-state index >= 15 is 0 Å². The van der Waals surface area contributed by atoms with Crippen LogP contribution in [-0.2, 0) is 31.6 Å². The molecule has 0 bridgehead atoms. The maximum Gasteiger partial charge on any atom is 0.490 e. The Balaban J connectivity index is 1.96. The van der Waals surface area contributed by atoms with Gasteiger partial charge in [-0.15, -0.1) is 0 Å². The van der Waals surface area contributed by atoms with E-state index in [2.05, 4.69) is 18.5 Å². The van der Waals surface area contributed by atoms with E-state index in [0.717, 1.165) is 4.90 Å². The fraction of sp³-hybridized carbons (Fsp3) is 0.889. The molecule has 9 N–H and O–H groups in total. The summed E-state index contributed by atoms with van der Waals surface area (Å²) < 4.78 is 50.2. The number of aliphatic hydroxyl groups is 2. The lowest BCUT2D eigenvalue weighted by Crippen LogP contribution is -2.60. The number of hydrogen-bond acceptors (Lipinski definition) is 11. The quantitative estimate of drug-likeness (QED) is 0.164. The van der Waals surface area contributed by atoms with Gasteiger partial charge in [0.25, 0.3) is 0 Å². The van der Waals surface area contributed by atoms with Gasteiger partial charge in [0.1, 0.15) is 18.3 Å². The molecule has 2 saturated heterocycles. The summed E-state index contributed by atoms with van der Waals surface area (Å²) in [5.74, 6) is 0. The smallest absolute Gasteiger partial charge is 0.387 e. The summed E-state index contributed by atoms with van der Waals surface area (Å²) in [5.41, 5.74) is 5.55. The lowest BCUT2D eigenvalue weighted by atomic mass is 10.1. The standard InChI is InChI=1S/C9H20N3O14P3/c10-5-1-2-12(9(15)11-5)8-7(14)6(13)4(24-8)3-23-28(19,20)26-29(21,22)25-27(16,17)18/h4-8,13-14H,1-3,10H2,(H,11,15)(H,19,20)(H,21,22)(H2,16,17,18)/t4-,5?,6-,7-,8-/m1/s1. The Kier molecular flexibility index (Phi) is 7.64. The molecule has 0 aliphatic carbocycles. The van der Waals surface area contributed by atoms with Crippen LogP contribution in [0.5, 0.6) is 0 Å². The molecule has 29 heavy (non-hydrogen) atoms. The Morgan fingerprint density at radius 3 is 2.28 bits per heavy atom. The summed E-state index contributed by atoms with van der Waals surface area (Å²) in [6.07, 6.45) is -6.47. The molecule has 0 aromatic rings. The molecule has 2 aliphatic heterocycles. The SMILES string of the molecule is NC1CCN([C@@H]2O[C@H](COP(=O)(O)OP(=O)(O)OP(=O)(O)O)[C@@H](O)[C@H]2O)C(=O)N1. The Morgan fingerprint density at radius 1 is 1.10 bits per heavy atom. The van der Waals surface area contributed by atoms with Crippen LogP contribution in [0.2, 0.25) is 0 Å². The van der Waals surface area contributed by atoms with Crippen LogP contribution < -0.4 is 11.1 Å². The molecule has 0 spiro atoms. The van der Waals surface area contributed by atoms with E-state index in [1.165, 1.54) is 0 Å². The van der Waals surface area contributed by atoms with Gasteiger partial charge in [-0.1, -0.05) is 0 Å². The maximum atomic E-state index is 11.9. The van der Waals surface area contributed by atoms with Gasteiger partial charge in [-0.3, -0.25) is 9.42 Å². The second kappa shape index (κ2) is 8.94.